The Balaban J connectivity index is 2.15. The van der Waals surface area contributed by atoms with Crippen LogP contribution < -0.4 is 0 Å². The van der Waals surface area contributed by atoms with E-state index in [0.29, 0.717) is 16.2 Å². The summed E-state index contributed by atoms with van der Waals surface area (Å²) >= 11 is 0. The number of fused-ring (bicyclic) bond motifs is 3. The van der Waals surface area contributed by atoms with Crippen molar-refractivity contribution >= 4 is 0 Å². The molecule has 3 aliphatic carbocycles. The number of hydrogen-bond donors (Lipinski definition) is 0. The van der Waals surface area contributed by atoms with E-state index in [-0.39, 0.29) is 0 Å². The van der Waals surface area contributed by atoms with Crippen LogP contribution in [0.15, 0.2) is 0 Å². The maximum Gasteiger partial charge on any atom is -0.0138 e. The van der Waals surface area contributed by atoms with Gasteiger partial charge in [-0.05, 0) is 65.6 Å². The molecule has 122 valence electrons. The molecule has 0 aromatic rings. The summed E-state index contributed by atoms with van der Waals surface area (Å²) in [5.41, 5.74) is 1.42. The van der Waals surface area contributed by atoms with Gasteiger partial charge in [-0.2, -0.15) is 0 Å². The van der Waals surface area contributed by atoms with Crippen LogP contribution >= 0.6 is 0 Å². The summed E-state index contributed by atoms with van der Waals surface area (Å²) in [6.07, 6.45) is 12.1. The van der Waals surface area contributed by atoms with Gasteiger partial charge >= 0.3 is 0 Å². The molecule has 0 heteroatoms. The third-order valence-electron chi connectivity index (χ3n) is 7.84. The fourth-order valence-corrected chi connectivity index (χ4v) is 8.10. The molecule has 3 fully saturated rings. The third kappa shape index (κ3) is 2.07. The fraction of sp³-hybridized carbons (Fsp3) is 1.00. The predicted octanol–water partition coefficient (Wildman–Crippen LogP) is 6.69. The Bertz CT molecular complexity index is 340. The molecule has 0 aromatic carbocycles. The Hall–Kier alpha value is 0. The van der Waals surface area contributed by atoms with Gasteiger partial charge in [0.1, 0.15) is 0 Å². The van der Waals surface area contributed by atoms with Crippen molar-refractivity contribution in [2.75, 3.05) is 0 Å². The molecule has 0 amide bonds. The molecule has 3 aliphatic rings. The molecule has 0 bridgehead atoms. The Morgan fingerprint density at radius 3 is 1.24 bits per heavy atom. The summed E-state index contributed by atoms with van der Waals surface area (Å²) in [6.45, 7) is 15.4. The quantitative estimate of drug-likeness (QED) is 0.466. The van der Waals surface area contributed by atoms with Crippen molar-refractivity contribution in [1.82, 2.24) is 0 Å². The summed E-state index contributed by atoms with van der Waals surface area (Å²) in [7, 11) is 0. The van der Waals surface area contributed by atoms with E-state index in [2.05, 4.69) is 41.5 Å². The molecule has 4 unspecified atom stereocenters. The van der Waals surface area contributed by atoms with Gasteiger partial charge in [0.15, 0.2) is 0 Å². The van der Waals surface area contributed by atoms with E-state index in [0.717, 1.165) is 23.7 Å². The summed E-state index contributed by atoms with van der Waals surface area (Å²) in [6, 6.07) is 0. The highest BCUT2D eigenvalue weighted by molar-refractivity contribution is 5.15. The van der Waals surface area contributed by atoms with Crippen molar-refractivity contribution in [1.29, 1.82) is 0 Å². The second-order valence-electron chi connectivity index (χ2n) is 10.5. The summed E-state index contributed by atoms with van der Waals surface area (Å²) in [4.78, 5) is 0. The monoisotopic (exact) mass is 290 g/mol. The number of rotatable bonds is 0. The van der Waals surface area contributed by atoms with Gasteiger partial charge < -0.3 is 0 Å². The molecule has 0 aromatic heterocycles. The van der Waals surface area contributed by atoms with E-state index in [1.54, 1.807) is 12.8 Å². The molecule has 0 saturated heterocycles. The summed E-state index contributed by atoms with van der Waals surface area (Å²) < 4.78 is 0. The number of hydrogen-bond acceptors (Lipinski definition) is 0. The first kappa shape index (κ1) is 15.9. The van der Waals surface area contributed by atoms with Gasteiger partial charge in [0, 0.05) is 0 Å². The maximum atomic E-state index is 2.57. The van der Waals surface area contributed by atoms with Crippen molar-refractivity contribution in [3.63, 3.8) is 0 Å². The molecule has 0 radical (unpaired) electrons. The lowest BCUT2D eigenvalue weighted by atomic mass is 9.44. The van der Waals surface area contributed by atoms with Gasteiger partial charge in [0.25, 0.3) is 0 Å². The Labute approximate surface area is 133 Å². The van der Waals surface area contributed by atoms with Crippen molar-refractivity contribution < 1.29 is 0 Å². The minimum Gasteiger partial charge on any atom is -0.0596 e. The Kier molecular flexibility index (Phi) is 3.78. The molecule has 0 N–H and O–H groups in total. The van der Waals surface area contributed by atoms with E-state index < -0.39 is 0 Å². The second kappa shape index (κ2) is 5.00. The van der Waals surface area contributed by atoms with Crippen molar-refractivity contribution in [3.8, 4) is 0 Å². The van der Waals surface area contributed by atoms with Gasteiger partial charge in [0.2, 0.25) is 0 Å². The topological polar surface area (TPSA) is 0 Å². The zero-order valence-corrected chi connectivity index (χ0v) is 15.5. The van der Waals surface area contributed by atoms with Crippen LogP contribution in [-0.4, -0.2) is 0 Å². The fourth-order valence-electron chi connectivity index (χ4n) is 8.10. The standard InChI is InChI=1S/C21H38/c1-19(2,3)21(20(4,5)6)17-13-9-7-11-15(17)16-12-8-10-14-18(16)21/h15-18H,7-14H2,1-6H3. The summed E-state index contributed by atoms with van der Waals surface area (Å²) in [5.74, 6) is 4.11. The predicted molar refractivity (Wildman–Crippen MR) is 92.2 cm³/mol. The van der Waals surface area contributed by atoms with E-state index >= 15 is 0 Å². The average Bonchev–Trinajstić information content (AvgIpc) is 2.69. The molecule has 3 saturated carbocycles. The zero-order chi connectivity index (χ0) is 15.5. The van der Waals surface area contributed by atoms with Crippen LogP contribution in [-0.2, 0) is 0 Å². The minimum atomic E-state index is 0.433. The molecule has 0 nitrogen and oxygen atoms in total. The maximum absolute atomic E-state index is 2.57. The van der Waals surface area contributed by atoms with Crippen LogP contribution in [0.25, 0.3) is 0 Å². The molecule has 3 rings (SSSR count). The van der Waals surface area contributed by atoms with Gasteiger partial charge in [-0.3, -0.25) is 0 Å². The third-order valence-corrected chi connectivity index (χ3v) is 7.84. The molecular weight excluding hydrogens is 252 g/mol. The summed E-state index contributed by atoms with van der Waals surface area (Å²) in [5, 5.41) is 0. The van der Waals surface area contributed by atoms with Crippen molar-refractivity contribution in [2.24, 2.45) is 39.9 Å². The van der Waals surface area contributed by atoms with Crippen LogP contribution in [0.4, 0.5) is 0 Å². The van der Waals surface area contributed by atoms with Crippen molar-refractivity contribution in [3.05, 3.63) is 0 Å². The van der Waals surface area contributed by atoms with E-state index in [1.807, 2.05) is 0 Å². The molecular formula is C21H38. The van der Waals surface area contributed by atoms with Crippen LogP contribution in [0.1, 0.15) is 92.9 Å². The van der Waals surface area contributed by atoms with E-state index in [9.17, 15) is 0 Å². The smallest absolute Gasteiger partial charge is 0.0138 e. The van der Waals surface area contributed by atoms with Crippen LogP contribution in [0.2, 0.25) is 0 Å². The molecule has 0 aliphatic heterocycles. The molecule has 4 atom stereocenters. The molecule has 0 spiro atoms. The highest BCUT2D eigenvalue weighted by atomic mass is 14.7. The highest BCUT2D eigenvalue weighted by Crippen LogP contribution is 2.74. The molecule has 21 heavy (non-hydrogen) atoms. The first-order valence-electron chi connectivity index (χ1n) is 9.71. The highest BCUT2D eigenvalue weighted by Gasteiger charge is 2.67. The lowest BCUT2D eigenvalue weighted by Crippen LogP contribution is -2.54. The largest absolute Gasteiger partial charge is 0.0596 e. The van der Waals surface area contributed by atoms with Gasteiger partial charge in [-0.25, -0.2) is 0 Å². The first-order valence-corrected chi connectivity index (χ1v) is 9.71. The van der Waals surface area contributed by atoms with E-state index in [1.165, 1.54) is 38.5 Å². The zero-order valence-electron chi connectivity index (χ0n) is 15.5. The Morgan fingerprint density at radius 1 is 0.571 bits per heavy atom. The first-order chi connectivity index (χ1) is 9.71. The van der Waals surface area contributed by atoms with Crippen LogP contribution in [0.3, 0.4) is 0 Å². The van der Waals surface area contributed by atoms with Crippen LogP contribution in [0, 0.1) is 39.9 Å². The van der Waals surface area contributed by atoms with E-state index in [4.69, 9.17) is 0 Å². The average molecular weight is 291 g/mol. The Morgan fingerprint density at radius 2 is 0.905 bits per heavy atom. The second-order valence-corrected chi connectivity index (χ2v) is 10.5. The minimum absolute atomic E-state index is 0.433. The normalized spacial score (nSPS) is 39.7. The van der Waals surface area contributed by atoms with Gasteiger partial charge in [-0.1, -0.05) is 67.2 Å². The lowest BCUT2D eigenvalue weighted by molar-refractivity contribution is -0.122. The van der Waals surface area contributed by atoms with Gasteiger partial charge in [0.05, 0.1) is 0 Å². The molecule has 0 heterocycles. The van der Waals surface area contributed by atoms with Crippen LogP contribution in [0.5, 0.6) is 0 Å². The van der Waals surface area contributed by atoms with Gasteiger partial charge in [-0.15, -0.1) is 0 Å². The lowest BCUT2D eigenvalue weighted by Gasteiger charge is -2.60. The SMILES string of the molecule is CC(C)(C)C1(C(C)(C)C)C2CCCCC2C2CCCCC21. The van der Waals surface area contributed by atoms with Crippen molar-refractivity contribution in [2.45, 2.75) is 92.9 Å².